The molecule has 0 bridgehead atoms. The van der Waals surface area contributed by atoms with Gasteiger partial charge in [0.15, 0.2) is 0 Å². The highest BCUT2D eigenvalue weighted by atomic mass is 32.2. The van der Waals surface area contributed by atoms with Crippen LogP contribution in [0.4, 0.5) is 0 Å². The fourth-order valence-electron chi connectivity index (χ4n) is 3.13. The van der Waals surface area contributed by atoms with Gasteiger partial charge in [-0.1, -0.05) is 12.5 Å². The van der Waals surface area contributed by atoms with Crippen molar-refractivity contribution in [2.75, 3.05) is 6.26 Å². The summed E-state index contributed by atoms with van der Waals surface area (Å²) in [6.07, 6.45) is 8.63. The van der Waals surface area contributed by atoms with Crippen LogP contribution in [0.5, 0.6) is 0 Å². The molecule has 2 atom stereocenters. The van der Waals surface area contributed by atoms with Crippen LogP contribution >= 0.6 is 11.8 Å². The van der Waals surface area contributed by atoms with Crippen molar-refractivity contribution in [1.29, 1.82) is 0 Å². The fourth-order valence-corrected chi connectivity index (χ4v) is 3.94. The number of imidazole rings is 1. The minimum atomic E-state index is -0.880. The van der Waals surface area contributed by atoms with Crippen molar-refractivity contribution in [2.45, 2.75) is 37.0 Å². The van der Waals surface area contributed by atoms with E-state index in [2.05, 4.69) is 15.8 Å². The van der Waals surface area contributed by atoms with E-state index in [0.29, 0.717) is 16.9 Å². The van der Waals surface area contributed by atoms with Gasteiger partial charge in [0.1, 0.15) is 0 Å². The Morgan fingerprint density at radius 2 is 2.30 bits per heavy atom. The van der Waals surface area contributed by atoms with E-state index in [-0.39, 0.29) is 0 Å². The first kappa shape index (κ1) is 13.5. The molecule has 0 aliphatic heterocycles. The lowest BCUT2D eigenvalue weighted by Gasteiger charge is -2.29. The van der Waals surface area contributed by atoms with Gasteiger partial charge in [-0.2, -0.15) is 11.8 Å². The van der Waals surface area contributed by atoms with Gasteiger partial charge in [-0.15, -0.1) is 0 Å². The number of benzene rings is 1. The summed E-state index contributed by atoms with van der Waals surface area (Å²) in [6.45, 7) is 0. The van der Waals surface area contributed by atoms with Crippen LogP contribution < -0.4 is 0 Å². The Kier molecular flexibility index (Phi) is 3.70. The van der Waals surface area contributed by atoms with Crippen molar-refractivity contribution in [2.24, 2.45) is 0 Å². The maximum atomic E-state index is 11.4. The molecular weight excluding hydrogens is 272 g/mol. The summed E-state index contributed by atoms with van der Waals surface area (Å²) in [4.78, 5) is 15.8. The Hall–Kier alpha value is -1.49. The average molecular weight is 290 g/mol. The van der Waals surface area contributed by atoms with Crippen molar-refractivity contribution < 1.29 is 9.90 Å². The zero-order chi connectivity index (χ0) is 14.1. The monoisotopic (exact) mass is 290 g/mol. The summed E-state index contributed by atoms with van der Waals surface area (Å²) in [5, 5.41) is 10.0. The molecule has 3 rings (SSSR count). The fraction of sp³-hybridized carbons (Fsp3) is 0.467. The second kappa shape index (κ2) is 5.48. The van der Waals surface area contributed by atoms with Gasteiger partial charge in [-0.05, 0) is 37.7 Å². The number of thioether (sulfide) groups is 1. The third-order valence-corrected chi connectivity index (χ3v) is 5.24. The highest BCUT2D eigenvalue weighted by molar-refractivity contribution is 7.99. The first-order valence-corrected chi connectivity index (χ1v) is 8.21. The molecule has 1 saturated carbocycles. The summed E-state index contributed by atoms with van der Waals surface area (Å²) >= 11 is 1.91. The van der Waals surface area contributed by atoms with E-state index in [1.807, 2.05) is 24.2 Å². The van der Waals surface area contributed by atoms with E-state index >= 15 is 0 Å². The number of hydrogen-bond acceptors (Lipinski definition) is 3. The van der Waals surface area contributed by atoms with Crippen molar-refractivity contribution in [1.82, 2.24) is 9.55 Å². The van der Waals surface area contributed by atoms with Gasteiger partial charge in [0.2, 0.25) is 0 Å². The Morgan fingerprint density at radius 3 is 3.05 bits per heavy atom. The molecule has 5 heteroatoms. The first-order chi connectivity index (χ1) is 9.70. The minimum Gasteiger partial charge on any atom is -0.478 e. The standard InChI is InChI=1S/C15H18N2O2S/c1-20-11-5-2-4-10(8-11)17-9-16-13-7-3-6-12(14(13)17)15(18)19/h3,6-7,9-11H,2,4-5,8H2,1H3,(H,18,19). The van der Waals surface area contributed by atoms with Gasteiger partial charge in [0.25, 0.3) is 0 Å². The number of rotatable bonds is 3. The van der Waals surface area contributed by atoms with E-state index in [4.69, 9.17) is 0 Å². The molecule has 1 heterocycles. The molecule has 2 aromatic rings. The third kappa shape index (κ3) is 2.30. The molecule has 20 heavy (non-hydrogen) atoms. The Labute approximate surface area is 122 Å². The van der Waals surface area contributed by atoms with Crippen molar-refractivity contribution in [3.05, 3.63) is 30.1 Å². The lowest BCUT2D eigenvalue weighted by atomic mass is 9.94. The van der Waals surface area contributed by atoms with Gasteiger partial charge in [-0.3, -0.25) is 0 Å². The number of carboxylic acid groups (broad SMARTS) is 1. The summed E-state index contributed by atoms with van der Waals surface area (Å²) in [5.41, 5.74) is 1.90. The number of hydrogen-bond donors (Lipinski definition) is 1. The van der Waals surface area contributed by atoms with Crippen LogP contribution in [0.2, 0.25) is 0 Å². The number of para-hydroxylation sites is 1. The van der Waals surface area contributed by atoms with Crippen LogP contribution in [0.15, 0.2) is 24.5 Å². The molecule has 2 unspecified atom stereocenters. The second-order valence-corrected chi connectivity index (χ2v) is 6.45. The van der Waals surface area contributed by atoms with Crippen LogP contribution in [0, 0.1) is 0 Å². The lowest BCUT2D eigenvalue weighted by Crippen LogP contribution is -2.20. The summed E-state index contributed by atoms with van der Waals surface area (Å²) in [6, 6.07) is 5.67. The molecule has 0 amide bonds. The van der Waals surface area contributed by atoms with Gasteiger partial charge in [-0.25, -0.2) is 9.78 Å². The predicted octanol–water partition coefficient (Wildman–Crippen LogP) is 3.58. The van der Waals surface area contributed by atoms with E-state index in [1.165, 1.54) is 12.8 Å². The maximum Gasteiger partial charge on any atom is 0.337 e. The Morgan fingerprint density at radius 1 is 1.45 bits per heavy atom. The third-order valence-electron chi connectivity index (χ3n) is 4.15. The number of aromatic nitrogens is 2. The van der Waals surface area contributed by atoms with E-state index < -0.39 is 5.97 Å². The molecule has 1 fully saturated rings. The SMILES string of the molecule is CSC1CCCC(n2cnc3cccc(C(=O)O)c32)C1. The lowest BCUT2D eigenvalue weighted by molar-refractivity contribution is 0.0698. The topological polar surface area (TPSA) is 55.1 Å². The van der Waals surface area contributed by atoms with Crippen LogP contribution in [-0.4, -0.2) is 32.1 Å². The normalized spacial score (nSPS) is 23.1. The number of nitrogens with zero attached hydrogens (tertiary/aromatic N) is 2. The van der Waals surface area contributed by atoms with Gasteiger partial charge < -0.3 is 9.67 Å². The molecule has 0 radical (unpaired) electrons. The zero-order valence-electron chi connectivity index (χ0n) is 11.5. The largest absolute Gasteiger partial charge is 0.478 e. The minimum absolute atomic E-state index is 0.353. The summed E-state index contributed by atoms with van der Waals surface area (Å²) < 4.78 is 2.08. The number of carboxylic acids is 1. The molecule has 0 spiro atoms. The molecule has 1 aliphatic carbocycles. The highest BCUT2D eigenvalue weighted by Gasteiger charge is 2.25. The van der Waals surface area contributed by atoms with Gasteiger partial charge in [0, 0.05) is 11.3 Å². The van der Waals surface area contributed by atoms with Crippen LogP contribution in [0.25, 0.3) is 11.0 Å². The smallest absolute Gasteiger partial charge is 0.337 e. The Balaban J connectivity index is 2.05. The molecular formula is C15H18N2O2S. The molecule has 1 N–H and O–H groups in total. The maximum absolute atomic E-state index is 11.4. The summed E-state index contributed by atoms with van der Waals surface area (Å²) in [5.74, 6) is -0.880. The number of aromatic carboxylic acids is 1. The van der Waals surface area contributed by atoms with Gasteiger partial charge in [0.05, 0.1) is 22.9 Å². The number of fused-ring (bicyclic) bond motifs is 1. The van der Waals surface area contributed by atoms with Crippen LogP contribution in [0.3, 0.4) is 0 Å². The first-order valence-electron chi connectivity index (χ1n) is 6.92. The molecule has 0 saturated heterocycles. The second-order valence-electron chi connectivity index (χ2n) is 5.31. The van der Waals surface area contributed by atoms with Crippen molar-refractivity contribution in [3.63, 3.8) is 0 Å². The average Bonchev–Trinajstić information content (AvgIpc) is 2.91. The summed E-state index contributed by atoms with van der Waals surface area (Å²) in [7, 11) is 0. The van der Waals surface area contributed by atoms with E-state index in [0.717, 1.165) is 23.9 Å². The van der Waals surface area contributed by atoms with Crippen LogP contribution in [0.1, 0.15) is 42.1 Å². The van der Waals surface area contributed by atoms with Crippen LogP contribution in [-0.2, 0) is 0 Å². The zero-order valence-corrected chi connectivity index (χ0v) is 12.3. The van der Waals surface area contributed by atoms with Crippen molar-refractivity contribution >= 4 is 28.8 Å². The van der Waals surface area contributed by atoms with E-state index in [9.17, 15) is 9.90 Å². The number of carbonyl (C=O) groups is 1. The quantitative estimate of drug-likeness (QED) is 0.938. The Bertz CT molecular complexity index is 638. The van der Waals surface area contributed by atoms with Crippen molar-refractivity contribution in [3.8, 4) is 0 Å². The molecule has 1 aliphatic rings. The molecule has 4 nitrogen and oxygen atoms in total. The molecule has 106 valence electrons. The van der Waals surface area contributed by atoms with Gasteiger partial charge >= 0.3 is 5.97 Å². The molecule has 1 aromatic carbocycles. The van der Waals surface area contributed by atoms with E-state index in [1.54, 1.807) is 12.1 Å². The molecule has 1 aromatic heterocycles. The predicted molar refractivity (Wildman–Crippen MR) is 81.5 cm³/mol. The highest BCUT2D eigenvalue weighted by Crippen LogP contribution is 2.36.